The standard InChI is InChI=1S/C31H27NO4/c1-3-35-30(33)27-22(2)32-29(25-17-11-6-12-18-25)28(26(27)20-19-23-13-7-4-8-14-23)31(34)36-21-24-15-9-5-10-16-24/h4-18,26,32H,3,21H2,1-2H3/t26-/m0/s1. The summed E-state index contributed by atoms with van der Waals surface area (Å²) in [5, 5.41) is 3.27. The Morgan fingerprint density at radius 3 is 2.03 bits per heavy atom. The number of allylic oxidation sites excluding steroid dienone is 1. The lowest BCUT2D eigenvalue weighted by Crippen LogP contribution is -2.33. The zero-order chi connectivity index (χ0) is 25.3. The number of rotatable bonds is 6. The maximum Gasteiger partial charge on any atom is 0.338 e. The van der Waals surface area contributed by atoms with Gasteiger partial charge in [0, 0.05) is 11.3 Å². The van der Waals surface area contributed by atoms with Gasteiger partial charge in [-0.25, -0.2) is 9.59 Å². The molecule has 5 heteroatoms. The summed E-state index contributed by atoms with van der Waals surface area (Å²) < 4.78 is 11.1. The normalized spacial score (nSPS) is 14.9. The molecule has 3 aromatic carbocycles. The molecular weight excluding hydrogens is 450 g/mol. The molecule has 0 bridgehead atoms. The van der Waals surface area contributed by atoms with E-state index in [0.29, 0.717) is 17.0 Å². The van der Waals surface area contributed by atoms with E-state index in [2.05, 4.69) is 17.2 Å². The molecule has 1 aliphatic rings. The predicted octanol–water partition coefficient (Wildman–Crippen LogP) is 5.25. The molecule has 1 atom stereocenters. The Morgan fingerprint density at radius 2 is 1.39 bits per heavy atom. The van der Waals surface area contributed by atoms with Gasteiger partial charge in [-0.2, -0.15) is 0 Å². The van der Waals surface area contributed by atoms with E-state index < -0.39 is 17.9 Å². The SMILES string of the molecule is CCOC(=O)C1=C(C)NC(c2ccccc2)=C(C(=O)OCc2ccccc2)[C@H]1C#Cc1ccccc1. The molecule has 0 saturated carbocycles. The first kappa shape index (κ1) is 24.6. The lowest BCUT2D eigenvalue weighted by molar-refractivity contribution is -0.140. The van der Waals surface area contributed by atoms with Gasteiger partial charge in [0.1, 0.15) is 6.61 Å². The van der Waals surface area contributed by atoms with Crippen molar-refractivity contribution >= 4 is 17.6 Å². The van der Waals surface area contributed by atoms with Crippen LogP contribution in [0.25, 0.3) is 5.70 Å². The van der Waals surface area contributed by atoms with Crippen LogP contribution in [0.2, 0.25) is 0 Å². The van der Waals surface area contributed by atoms with Crippen LogP contribution in [0.5, 0.6) is 0 Å². The zero-order valence-corrected chi connectivity index (χ0v) is 20.3. The second-order valence-electron chi connectivity index (χ2n) is 8.17. The van der Waals surface area contributed by atoms with E-state index in [4.69, 9.17) is 9.47 Å². The van der Waals surface area contributed by atoms with Crippen LogP contribution in [0.15, 0.2) is 108 Å². The lowest BCUT2D eigenvalue weighted by atomic mass is 9.84. The fourth-order valence-electron chi connectivity index (χ4n) is 3.98. The van der Waals surface area contributed by atoms with Crippen LogP contribution in [-0.4, -0.2) is 18.5 Å². The molecule has 0 fully saturated rings. The summed E-state index contributed by atoms with van der Waals surface area (Å²) in [6.07, 6.45) is 0. The van der Waals surface area contributed by atoms with Crippen molar-refractivity contribution in [1.82, 2.24) is 5.32 Å². The number of hydrogen-bond acceptors (Lipinski definition) is 5. The van der Waals surface area contributed by atoms with Crippen molar-refractivity contribution in [2.45, 2.75) is 20.5 Å². The molecule has 180 valence electrons. The first-order chi connectivity index (χ1) is 17.6. The van der Waals surface area contributed by atoms with Gasteiger partial charge < -0.3 is 14.8 Å². The third-order valence-electron chi connectivity index (χ3n) is 5.69. The molecule has 3 aromatic rings. The first-order valence-electron chi connectivity index (χ1n) is 11.8. The van der Waals surface area contributed by atoms with Gasteiger partial charge in [-0.05, 0) is 37.1 Å². The maximum absolute atomic E-state index is 13.6. The van der Waals surface area contributed by atoms with Crippen LogP contribution >= 0.6 is 0 Å². The lowest BCUT2D eigenvalue weighted by Gasteiger charge is -2.29. The Kier molecular flexibility index (Phi) is 8.00. The van der Waals surface area contributed by atoms with Crippen LogP contribution in [-0.2, 0) is 25.7 Å². The number of benzene rings is 3. The third-order valence-corrected chi connectivity index (χ3v) is 5.69. The molecule has 4 rings (SSSR count). The first-order valence-corrected chi connectivity index (χ1v) is 11.8. The highest BCUT2D eigenvalue weighted by molar-refractivity contribution is 6.04. The Bertz CT molecular complexity index is 1350. The van der Waals surface area contributed by atoms with Gasteiger partial charge in [0.25, 0.3) is 0 Å². The summed E-state index contributed by atoms with van der Waals surface area (Å²) in [7, 11) is 0. The highest BCUT2D eigenvalue weighted by atomic mass is 16.5. The summed E-state index contributed by atoms with van der Waals surface area (Å²) in [4.78, 5) is 26.7. The number of dihydropyridines is 1. The fourth-order valence-corrected chi connectivity index (χ4v) is 3.98. The Hall–Kier alpha value is -4.56. The van der Waals surface area contributed by atoms with Gasteiger partial charge in [-0.15, -0.1) is 0 Å². The fraction of sp³-hybridized carbons (Fsp3) is 0.161. The van der Waals surface area contributed by atoms with Gasteiger partial charge in [-0.3, -0.25) is 0 Å². The number of ether oxygens (including phenoxy) is 2. The minimum Gasteiger partial charge on any atom is -0.463 e. The third kappa shape index (κ3) is 5.73. The Morgan fingerprint density at radius 1 is 0.806 bits per heavy atom. The van der Waals surface area contributed by atoms with Crippen molar-refractivity contribution in [3.05, 3.63) is 125 Å². The number of esters is 2. The second kappa shape index (κ2) is 11.7. The van der Waals surface area contributed by atoms with Crippen LogP contribution in [0.4, 0.5) is 0 Å². The summed E-state index contributed by atoms with van der Waals surface area (Å²) >= 11 is 0. The summed E-state index contributed by atoms with van der Waals surface area (Å²) in [5.74, 6) is 4.40. The highest BCUT2D eigenvalue weighted by Crippen LogP contribution is 2.35. The molecule has 0 unspecified atom stereocenters. The molecule has 0 amide bonds. The van der Waals surface area contributed by atoms with Crippen LogP contribution in [0.3, 0.4) is 0 Å². The monoisotopic (exact) mass is 477 g/mol. The molecule has 0 aliphatic carbocycles. The number of nitrogens with one attached hydrogen (secondary N) is 1. The summed E-state index contributed by atoms with van der Waals surface area (Å²) in [5.41, 5.74) is 4.14. The number of carbonyl (C=O) groups is 2. The largest absolute Gasteiger partial charge is 0.463 e. The van der Waals surface area contributed by atoms with Crippen LogP contribution in [0, 0.1) is 17.8 Å². The molecule has 0 aromatic heterocycles. The summed E-state index contributed by atoms with van der Waals surface area (Å²) in [6.45, 7) is 3.84. The molecule has 1 N–H and O–H groups in total. The van der Waals surface area contributed by atoms with Crippen molar-refractivity contribution in [2.75, 3.05) is 6.61 Å². The van der Waals surface area contributed by atoms with Crippen molar-refractivity contribution in [3.8, 4) is 11.8 Å². The zero-order valence-electron chi connectivity index (χ0n) is 20.3. The Labute approximate surface area is 211 Å². The van der Waals surface area contributed by atoms with Gasteiger partial charge >= 0.3 is 11.9 Å². The molecule has 0 radical (unpaired) electrons. The summed E-state index contributed by atoms with van der Waals surface area (Å²) in [6, 6.07) is 28.4. The van der Waals surface area contributed by atoms with E-state index in [0.717, 1.165) is 16.7 Å². The van der Waals surface area contributed by atoms with Crippen LogP contribution < -0.4 is 5.32 Å². The number of carbonyl (C=O) groups excluding carboxylic acids is 2. The smallest absolute Gasteiger partial charge is 0.338 e. The van der Waals surface area contributed by atoms with Crippen molar-refractivity contribution < 1.29 is 19.1 Å². The second-order valence-corrected chi connectivity index (χ2v) is 8.17. The predicted molar refractivity (Wildman–Crippen MR) is 139 cm³/mol. The van der Waals surface area contributed by atoms with Crippen molar-refractivity contribution in [3.63, 3.8) is 0 Å². The Balaban J connectivity index is 1.83. The maximum atomic E-state index is 13.6. The van der Waals surface area contributed by atoms with Crippen molar-refractivity contribution in [2.24, 2.45) is 5.92 Å². The minimum atomic E-state index is -0.844. The molecule has 0 saturated heterocycles. The van der Waals surface area contributed by atoms with E-state index in [1.165, 1.54) is 0 Å². The quantitative estimate of drug-likeness (QED) is 0.388. The van der Waals surface area contributed by atoms with E-state index >= 15 is 0 Å². The van der Waals surface area contributed by atoms with E-state index in [1.54, 1.807) is 13.8 Å². The molecule has 1 heterocycles. The van der Waals surface area contributed by atoms with Crippen LogP contribution in [0.1, 0.15) is 30.5 Å². The number of hydrogen-bond donors (Lipinski definition) is 1. The van der Waals surface area contributed by atoms with Crippen molar-refractivity contribution in [1.29, 1.82) is 0 Å². The average molecular weight is 478 g/mol. The highest BCUT2D eigenvalue weighted by Gasteiger charge is 2.37. The van der Waals surface area contributed by atoms with Gasteiger partial charge in [0.05, 0.1) is 29.4 Å². The van der Waals surface area contributed by atoms with E-state index in [9.17, 15) is 9.59 Å². The van der Waals surface area contributed by atoms with Gasteiger partial charge in [0.2, 0.25) is 0 Å². The minimum absolute atomic E-state index is 0.0987. The van der Waals surface area contributed by atoms with E-state index in [-0.39, 0.29) is 18.8 Å². The van der Waals surface area contributed by atoms with Gasteiger partial charge in [-0.1, -0.05) is 90.7 Å². The van der Waals surface area contributed by atoms with Gasteiger partial charge in [0.15, 0.2) is 0 Å². The molecule has 5 nitrogen and oxygen atoms in total. The molecule has 0 spiro atoms. The molecule has 36 heavy (non-hydrogen) atoms. The van der Waals surface area contributed by atoms with E-state index in [1.807, 2.05) is 91.0 Å². The molecular formula is C31H27NO4. The molecule has 1 aliphatic heterocycles. The average Bonchev–Trinajstić information content (AvgIpc) is 2.92. The topological polar surface area (TPSA) is 64.6 Å².